The Labute approximate surface area is 153 Å². The van der Waals surface area contributed by atoms with E-state index in [-0.39, 0.29) is 0 Å². The van der Waals surface area contributed by atoms with Crippen molar-refractivity contribution in [2.45, 2.75) is 32.2 Å². The van der Waals surface area contributed by atoms with Crippen molar-refractivity contribution in [3.05, 3.63) is 65.5 Å². The highest BCUT2D eigenvalue weighted by Gasteiger charge is 2.13. The number of aromatic nitrogens is 2. The first-order valence-corrected chi connectivity index (χ1v) is 9.28. The van der Waals surface area contributed by atoms with E-state index in [1.807, 2.05) is 12.1 Å². The van der Waals surface area contributed by atoms with Gasteiger partial charge in [0.2, 0.25) is 11.7 Å². The van der Waals surface area contributed by atoms with Gasteiger partial charge in [0.15, 0.2) is 0 Å². The first-order valence-electron chi connectivity index (χ1n) is 9.28. The molecule has 0 radical (unpaired) electrons. The molecule has 1 aliphatic heterocycles. The van der Waals surface area contributed by atoms with Gasteiger partial charge in [-0.15, -0.1) is 0 Å². The van der Waals surface area contributed by atoms with Crippen LogP contribution in [0.25, 0.3) is 11.4 Å². The number of nitrogens with two attached hydrogens (primary N) is 1. The third-order valence-electron chi connectivity index (χ3n) is 4.93. The van der Waals surface area contributed by atoms with Crippen molar-refractivity contribution in [1.82, 2.24) is 10.1 Å². The molecule has 2 heterocycles. The van der Waals surface area contributed by atoms with Crippen LogP contribution < -0.4 is 10.6 Å². The smallest absolute Gasteiger partial charge is 0.231 e. The molecule has 1 fully saturated rings. The summed E-state index contributed by atoms with van der Waals surface area (Å²) in [6.45, 7) is 2.85. The molecule has 2 N–H and O–H groups in total. The van der Waals surface area contributed by atoms with Crippen molar-refractivity contribution in [2.75, 3.05) is 18.0 Å². The SMILES string of the molecule is NCc1ccc(Cc2nc(-c3ccc(N4CCCCC4)cc3)no2)cc1. The summed E-state index contributed by atoms with van der Waals surface area (Å²) in [7, 11) is 0. The van der Waals surface area contributed by atoms with E-state index in [9.17, 15) is 0 Å². The second kappa shape index (κ2) is 7.70. The Bertz CT molecular complexity index is 833. The Morgan fingerprint density at radius 3 is 2.27 bits per heavy atom. The van der Waals surface area contributed by atoms with Gasteiger partial charge in [0.25, 0.3) is 0 Å². The molecule has 4 rings (SSSR count). The summed E-state index contributed by atoms with van der Waals surface area (Å²) in [6, 6.07) is 16.6. The molecule has 0 spiro atoms. The minimum absolute atomic E-state index is 0.554. The predicted octanol–water partition coefficient (Wildman–Crippen LogP) is 3.78. The van der Waals surface area contributed by atoms with Gasteiger partial charge in [-0.05, 0) is 54.7 Å². The molecule has 26 heavy (non-hydrogen) atoms. The molecule has 1 aromatic heterocycles. The van der Waals surface area contributed by atoms with Gasteiger partial charge in [-0.1, -0.05) is 29.4 Å². The number of nitrogens with zero attached hydrogens (tertiary/aromatic N) is 3. The molecule has 0 bridgehead atoms. The van der Waals surface area contributed by atoms with E-state index in [4.69, 9.17) is 10.3 Å². The van der Waals surface area contributed by atoms with Crippen molar-refractivity contribution in [2.24, 2.45) is 5.73 Å². The molecule has 5 nitrogen and oxygen atoms in total. The van der Waals surface area contributed by atoms with E-state index >= 15 is 0 Å². The summed E-state index contributed by atoms with van der Waals surface area (Å²) in [5.74, 6) is 1.27. The highest BCUT2D eigenvalue weighted by molar-refractivity contribution is 5.60. The number of hydrogen-bond donors (Lipinski definition) is 1. The molecule has 0 saturated carbocycles. The maximum Gasteiger partial charge on any atom is 0.231 e. The molecule has 0 amide bonds. The summed E-state index contributed by atoms with van der Waals surface area (Å²) in [5.41, 5.74) is 10.2. The Morgan fingerprint density at radius 2 is 1.58 bits per heavy atom. The van der Waals surface area contributed by atoms with E-state index in [0.29, 0.717) is 24.7 Å². The second-order valence-electron chi connectivity index (χ2n) is 6.80. The van der Waals surface area contributed by atoms with Crippen LogP contribution in [0.2, 0.25) is 0 Å². The lowest BCUT2D eigenvalue weighted by molar-refractivity contribution is 0.385. The third-order valence-corrected chi connectivity index (χ3v) is 4.93. The normalized spacial score (nSPS) is 14.6. The standard InChI is InChI=1S/C21H24N4O/c22-15-17-6-4-16(5-7-17)14-20-23-21(24-26-20)18-8-10-19(11-9-18)25-12-2-1-3-13-25/h4-11H,1-3,12-15,22H2. The molecule has 1 saturated heterocycles. The van der Waals surface area contributed by atoms with E-state index < -0.39 is 0 Å². The maximum atomic E-state index is 5.63. The molecule has 0 unspecified atom stereocenters. The van der Waals surface area contributed by atoms with Crippen LogP contribution in [0.5, 0.6) is 0 Å². The molecule has 134 valence electrons. The lowest BCUT2D eigenvalue weighted by Crippen LogP contribution is -2.29. The first-order chi connectivity index (χ1) is 12.8. The highest BCUT2D eigenvalue weighted by Crippen LogP contribution is 2.24. The van der Waals surface area contributed by atoms with Gasteiger partial charge in [0.1, 0.15) is 0 Å². The zero-order chi connectivity index (χ0) is 17.8. The van der Waals surface area contributed by atoms with Crippen molar-refractivity contribution in [3.8, 4) is 11.4 Å². The molecule has 2 aromatic carbocycles. The minimum Gasteiger partial charge on any atom is -0.372 e. The maximum absolute atomic E-state index is 5.63. The van der Waals surface area contributed by atoms with Crippen LogP contribution in [0.4, 0.5) is 5.69 Å². The van der Waals surface area contributed by atoms with Crippen LogP contribution >= 0.6 is 0 Å². The van der Waals surface area contributed by atoms with Crippen LogP contribution in [0, 0.1) is 0 Å². The van der Waals surface area contributed by atoms with Crippen molar-refractivity contribution in [3.63, 3.8) is 0 Å². The number of benzene rings is 2. The lowest BCUT2D eigenvalue weighted by Gasteiger charge is -2.28. The molecule has 5 heteroatoms. The van der Waals surface area contributed by atoms with Gasteiger partial charge >= 0.3 is 0 Å². The molecular formula is C21H24N4O. The largest absolute Gasteiger partial charge is 0.372 e. The van der Waals surface area contributed by atoms with Crippen LogP contribution in [-0.4, -0.2) is 23.2 Å². The molecular weight excluding hydrogens is 324 g/mol. The van der Waals surface area contributed by atoms with Crippen LogP contribution in [0.15, 0.2) is 53.1 Å². The second-order valence-corrected chi connectivity index (χ2v) is 6.80. The number of anilines is 1. The topological polar surface area (TPSA) is 68.2 Å². The Hall–Kier alpha value is -2.66. The van der Waals surface area contributed by atoms with Gasteiger partial charge in [-0.2, -0.15) is 4.98 Å². The molecule has 0 atom stereocenters. The minimum atomic E-state index is 0.554. The van der Waals surface area contributed by atoms with Gasteiger partial charge < -0.3 is 15.2 Å². The van der Waals surface area contributed by atoms with Crippen molar-refractivity contribution >= 4 is 5.69 Å². The van der Waals surface area contributed by atoms with Gasteiger partial charge in [-0.25, -0.2) is 0 Å². The monoisotopic (exact) mass is 348 g/mol. The summed E-state index contributed by atoms with van der Waals surface area (Å²) < 4.78 is 5.43. The van der Waals surface area contributed by atoms with Gasteiger partial charge in [0.05, 0.1) is 6.42 Å². The fraction of sp³-hybridized carbons (Fsp3) is 0.333. The third kappa shape index (κ3) is 3.78. The molecule has 1 aliphatic rings. The number of piperidine rings is 1. The van der Waals surface area contributed by atoms with Crippen molar-refractivity contribution < 1.29 is 4.52 Å². The highest BCUT2D eigenvalue weighted by atomic mass is 16.5. The van der Waals surface area contributed by atoms with E-state index in [1.54, 1.807) is 0 Å². The number of hydrogen-bond acceptors (Lipinski definition) is 5. The fourth-order valence-electron chi connectivity index (χ4n) is 3.39. The van der Waals surface area contributed by atoms with E-state index in [1.165, 1.54) is 24.9 Å². The predicted molar refractivity (Wildman–Crippen MR) is 103 cm³/mol. The van der Waals surface area contributed by atoms with Gasteiger partial charge in [0, 0.05) is 30.9 Å². The Morgan fingerprint density at radius 1 is 0.885 bits per heavy atom. The van der Waals surface area contributed by atoms with Crippen molar-refractivity contribution in [1.29, 1.82) is 0 Å². The fourth-order valence-corrected chi connectivity index (χ4v) is 3.39. The first kappa shape index (κ1) is 16.8. The molecule has 3 aromatic rings. The summed E-state index contributed by atoms with van der Waals surface area (Å²) >= 11 is 0. The Kier molecular flexibility index (Phi) is 4.97. The zero-order valence-corrected chi connectivity index (χ0v) is 14.9. The number of rotatable bonds is 5. The van der Waals surface area contributed by atoms with E-state index in [2.05, 4.69) is 51.4 Å². The lowest BCUT2D eigenvalue weighted by atomic mass is 10.1. The zero-order valence-electron chi connectivity index (χ0n) is 14.9. The average Bonchev–Trinajstić information content (AvgIpc) is 3.18. The van der Waals surface area contributed by atoms with Crippen LogP contribution in [0.1, 0.15) is 36.3 Å². The Balaban J connectivity index is 1.45. The summed E-state index contributed by atoms with van der Waals surface area (Å²) in [5, 5.41) is 4.14. The average molecular weight is 348 g/mol. The summed E-state index contributed by atoms with van der Waals surface area (Å²) in [4.78, 5) is 6.99. The quantitative estimate of drug-likeness (QED) is 0.760. The van der Waals surface area contributed by atoms with Crippen LogP contribution in [-0.2, 0) is 13.0 Å². The van der Waals surface area contributed by atoms with E-state index in [0.717, 1.165) is 29.8 Å². The molecule has 0 aliphatic carbocycles. The van der Waals surface area contributed by atoms with Gasteiger partial charge in [-0.3, -0.25) is 0 Å². The summed E-state index contributed by atoms with van der Waals surface area (Å²) in [6.07, 6.45) is 4.53. The van der Waals surface area contributed by atoms with Crippen LogP contribution in [0.3, 0.4) is 0 Å².